The zero-order valence-electron chi connectivity index (χ0n) is 12.3. The van der Waals surface area contributed by atoms with Gasteiger partial charge in [0.2, 0.25) is 0 Å². The van der Waals surface area contributed by atoms with Crippen LogP contribution in [0.25, 0.3) is 0 Å². The Morgan fingerprint density at radius 2 is 1.95 bits per heavy atom. The van der Waals surface area contributed by atoms with Crippen LogP contribution >= 0.6 is 0 Å². The van der Waals surface area contributed by atoms with Gasteiger partial charge in [0.15, 0.2) is 0 Å². The summed E-state index contributed by atoms with van der Waals surface area (Å²) in [5, 5.41) is 3.44. The van der Waals surface area contributed by atoms with E-state index < -0.39 is 0 Å². The fraction of sp³-hybridized carbons (Fsp3) is 0.625. The van der Waals surface area contributed by atoms with Crippen LogP contribution < -0.4 is 10.1 Å². The molecule has 3 heteroatoms. The van der Waals surface area contributed by atoms with Gasteiger partial charge in [0.1, 0.15) is 5.75 Å². The van der Waals surface area contributed by atoms with Gasteiger partial charge < -0.3 is 14.8 Å². The minimum absolute atomic E-state index is 0.163. The lowest BCUT2D eigenvalue weighted by atomic mass is 9.73. The van der Waals surface area contributed by atoms with Gasteiger partial charge >= 0.3 is 0 Å². The summed E-state index contributed by atoms with van der Waals surface area (Å²) in [7, 11) is 3.54. The lowest BCUT2D eigenvalue weighted by molar-refractivity contribution is 0.108. The van der Waals surface area contributed by atoms with Crippen molar-refractivity contribution in [3.05, 3.63) is 29.3 Å². The van der Waals surface area contributed by atoms with Crippen LogP contribution in [0.1, 0.15) is 30.9 Å². The molecule has 106 valence electrons. The summed E-state index contributed by atoms with van der Waals surface area (Å²) < 4.78 is 10.9. The predicted molar refractivity (Wildman–Crippen MR) is 78.0 cm³/mol. The van der Waals surface area contributed by atoms with E-state index >= 15 is 0 Å². The maximum Gasteiger partial charge on any atom is 0.122 e. The van der Waals surface area contributed by atoms with Crippen molar-refractivity contribution < 1.29 is 9.47 Å². The molecular formula is C16H25NO2. The van der Waals surface area contributed by atoms with E-state index in [9.17, 15) is 0 Å². The predicted octanol–water partition coefficient (Wildman–Crippen LogP) is 2.53. The van der Waals surface area contributed by atoms with E-state index in [4.69, 9.17) is 9.47 Å². The van der Waals surface area contributed by atoms with Crippen LogP contribution in [0.2, 0.25) is 0 Å². The molecule has 2 rings (SSSR count). The van der Waals surface area contributed by atoms with E-state index in [1.807, 2.05) is 0 Å². The van der Waals surface area contributed by atoms with Gasteiger partial charge in [-0.05, 0) is 49.5 Å². The third-order valence-corrected chi connectivity index (χ3v) is 4.25. The molecule has 1 aliphatic heterocycles. The molecule has 1 aliphatic rings. The van der Waals surface area contributed by atoms with E-state index in [1.165, 1.54) is 11.1 Å². The topological polar surface area (TPSA) is 30.5 Å². The molecule has 3 nitrogen and oxygen atoms in total. The lowest BCUT2D eigenvalue weighted by Crippen LogP contribution is -2.43. The van der Waals surface area contributed by atoms with Gasteiger partial charge in [-0.1, -0.05) is 19.1 Å². The van der Waals surface area contributed by atoms with Crippen molar-refractivity contribution in [2.45, 2.75) is 31.6 Å². The van der Waals surface area contributed by atoms with E-state index in [-0.39, 0.29) is 5.41 Å². The minimum atomic E-state index is 0.163. The van der Waals surface area contributed by atoms with Gasteiger partial charge in [-0.3, -0.25) is 0 Å². The monoisotopic (exact) mass is 263 g/mol. The molecule has 0 atom stereocenters. The van der Waals surface area contributed by atoms with Crippen LogP contribution in [0.3, 0.4) is 0 Å². The quantitative estimate of drug-likeness (QED) is 0.885. The second-order valence-corrected chi connectivity index (χ2v) is 5.34. The summed E-state index contributed by atoms with van der Waals surface area (Å²) >= 11 is 0. The molecule has 1 aromatic rings. The zero-order chi connectivity index (χ0) is 13.7. The molecule has 0 amide bonds. The zero-order valence-corrected chi connectivity index (χ0v) is 12.3. The molecule has 1 heterocycles. The van der Waals surface area contributed by atoms with Crippen LogP contribution in [0.15, 0.2) is 18.2 Å². The fourth-order valence-electron chi connectivity index (χ4n) is 3.08. The molecule has 0 aliphatic carbocycles. The minimum Gasteiger partial charge on any atom is -0.496 e. The van der Waals surface area contributed by atoms with Crippen LogP contribution in [0.4, 0.5) is 0 Å². The van der Waals surface area contributed by atoms with Gasteiger partial charge in [-0.25, -0.2) is 0 Å². The van der Waals surface area contributed by atoms with Crippen LogP contribution in [-0.2, 0) is 16.6 Å². The summed E-state index contributed by atoms with van der Waals surface area (Å²) in [4.78, 5) is 0. The summed E-state index contributed by atoms with van der Waals surface area (Å²) in [6.45, 7) is 5.10. The normalized spacial score (nSPS) is 18.3. The Bertz CT molecular complexity index is 406. The maximum absolute atomic E-state index is 5.51. The smallest absolute Gasteiger partial charge is 0.122 e. The highest BCUT2D eigenvalue weighted by atomic mass is 16.5. The van der Waals surface area contributed by atoms with Crippen LogP contribution in [-0.4, -0.2) is 33.9 Å². The number of benzene rings is 1. The first-order valence-corrected chi connectivity index (χ1v) is 7.13. The molecule has 0 bridgehead atoms. The summed E-state index contributed by atoms with van der Waals surface area (Å²) in [5.74, 6) is 0.993. The highest BCUT2D eigenvalue weighted by Crippen LogP contribution is 2.36. The lowest BCUT2D eigenvalue weighted by Gasteiger charge is -2.38. The molecule has 1 aromatic carbocycles. The largest absolute Gasteiger partial charge is 0.496 e. The fourth-order valence-corrected chi connectivity index (χ4v) is 3.08. The number of methoxy groups -OCH3 is 2. The van der Waals surface area contributed by atoms with E-state index in [1.54, 1.807) is 14.2 Å². The molecule has 0 saturated carbocycles. The van der Waals surface area contributed by atoms with Crippen molar-refractivity contribution in [3.63, 3.8) is 0 Å². The van der Waals surface area contributed by atoms with E-state index in [0.717, 1.165) is 44.7 Å². The van der Waals surface area contributed by atoms with Crippen molar-refractivity contribution in [2.75, 3.05) is 33.9 Å². The number of nitrogens with one attached hydrogen (secondary N) is 1. The Morgan fingerprint density at radius 1 is 1.21 bits per heavy atom. The second kappa shape index (κ2) is 6.40. The number of aryl methyl sites for hydroxylation is 1. The highest BCUT2D eigenvalue weighted by Gasteiger charge is 2.34. The van der Waals surface area contributed by atoms with E-state index in [2.05, 4.69) is 30.4 Å². The SMILES string of the molecule is CCc1cc(C2(COC)CCNCC2)ccc1OC. The maximum atomic E-state index is 5.51. The third kappa shape index (κ3) is 2.93. The highest BCUT2D eigenvalue weighted by molar-refractivity contribution is 5.40. The Balaban J connectivity index is 2.36. The van der Waals surface area contributed by atoms with E-state index in [0.29, 0.717) is 0 Å². The number of ether oxygens (including phenoxy) is 2. The molecule has 0 aromatic heterocycles. The Labute approximate surface area is 116 Å². The average Bonchev–Trinajstić information content (AvgIpc) is 2.47. The Kier molecular flexibility index (Phi) is 4.83. The van der Waals surface area contributed by atoms with Crippen molar-refractivity contribution in [2.24, 2.45) is 0 Å². The molecule has 1 N–H and O–H groups in total. The average molecular weight is 263 g/mol. The molecule has 0 spiro atoms. The number of hydrogen-bond donors (Lipinski definition) is 1. The summed E-state index contributed by atoms with van der Waals surface area (Å²) in [5.41, 5.74) is 2.85. The molecule has 0 unspecified atom stereocenters. The number of piperidine rings is 1. The Hall–Kier alpha value is -1.06. The van der Waals surface area contributed by atoms with Gasteiger partial charge in [0.25, 0.3) is 0 Å². The number of rotatable bonds is 5. The van der Waals surface area contributed by atoms with Gasteiger partial charge in [-0.15, -0.1) is 0 Å². The first-order chi connectivity index (χ1) is 9.25. The molecular weight excluding hydrogens is 238 g/mol. The summed E-state index contributed by atoms with van der Waals surface area (Å²) in [6.07, 6.45) is 3.27. The molecule has 1 fully saturated rings. The van der Waals surface area contributed by atoms with Crippen molar-refractivity contribution in [1.82, 2.24) is 5.32 Å². The third-order valence-electron chi connectivity index (χ3n) is 4.25. The second-order valence-electron chi connectivity index (χ2n) is 5.34. The van der Waals surface area contributed by atoms with Crippen LogP contribution in [0, 0.1) is 0 Å². The standard InChI is InChI=1S/C16H25NO2/c1-4-13-11-14(5-6-15(13)19-3)16(12-18-2)7-9-17-10-8-16/h5-6,11,17H,4,7-10,12H2,1-3H3. The van der Waals surface area contributed by atoms with Crippen molar-refractivity contribution in [1.29, 1.82) is 0 Å². The first-order valence-electron chi connectivity index (χ1n) is 7.13. The van der Waals surface area contributed by atoms with Gasteiger partial charge in [0.05, 0.1) is 13.7 Å². The van der Waals surface area contributed by atoms with Crippen LogP contribution in [0.5, 0.6) is 5.75 Å². The number of hydrogen-bond acceptors (Lipinski definition) is 3. The molecule has 1 saturated heterocycles. The Morgan fingerprint density at radius 3 is 2.53 bits per heavy atom. The molecule has 19 heavy (non-hydrogen) atoms. The van der Waals surface area contributed by atoms with Gasteiger partial charge in [0, 0.05) is 12.5 Å². The van der Waals surface area contributed by atoms with Gasteiger partial charge in [-0.2, -0.15) is 0 Å². The first kappa shape index (κ1) is 14.4. The van der Waals surface area contributed by atoms with Crippen molar-refractivity contribution >= 4 is 0 Å². The summed E-state index contributed by atoms with van der Waals surface area (Å²) in [6, 6.07) is 6.62. The molecule has 0 radical (unpaired) electrons. The van der Waals surface area contributed by atoms with Crippen molar-refractivity contribution in [3.8, 4) is 5.75 Å².